The molecule has 0 bridgehead atoms. The van der Waals surface area contributed by atoms with Gasteiger partial charge in [-0.05, 0) is 0 Å². The SMILES string of the molecule is CC(=O)NCCOCCOCC(=O)NCCOCCOCC(=O)NCCNC(=O)CBr. The van der Waals surface area contributed by atoms with Crippen molar-refractivity contribution in [2.75, 3.05) is 84.4 Å². The second-order valence-corrected chi connectivity index (χ2v) is 6.56. The van der Waals surface area contributed by atoms with Gasteiger partial charge in [0.2, 0.25) is 23.6 Å². The molecule has 13 heteroatoms. The van der Waals surface area contributed by atoms with Gasteiger partial charge >= 0.3 is 0 Å². The molecule has 0 fully saturated rings. The molecule has 0 aliphatic rings. The molecule has 0 rings (SSSR count). The van der Waals surface area contributed by atoms with Gasteiger partial charge in [-0.15, -0.1) is 0 Å². The van der Waals surface area contributed by atoms with Crippen molar-refractivity contribution in [3.63, 3.8) is 0 Å². The average molecular weight is 513 g/mol. The van der Waals surface area contributed by atoms with Crippen LogP contribution < -0.4 is 21.3 Å². The van der Waals surface area contributed by atoms with Gasteiger partial charge in [0.05, 0.1) is 45.0 Å². The Hall–Kier alpha value is -1.80. The molecule has 0 aromatic heterocycles. The van der Waals surface area contributed by atoms with Crippen molar-refractivity contribution in [1.29, 1.82) is 0 Å². The summed E-state index contributed by atoms with van der Waals surface area (Å²) >= 11 is 3.02. The molecule has 4 amide bonds. The molecular formula is C18H33BrN4O8. The predicted molar refractivity (Wildman–Crippen MR) is 115 cm³/mol. The second kappa shape index (κ2) is 21.4. The molecule has 31 heavy (non-hydrogen) atoms. The third kappa shape index (κ3) is 22.7. The number of carbonyl (C=O) groups excluding carboxylic acids is 4. The molecule has 180 valence electrons. The Bertz CT molecular complexity index is 525. The molecule has 0 unspecified atom stereocenters. The summed E-state index contributed by atoms with van der Waals surface area (Å²) in [6.45, 7) is 4.54. The topological polar surface area (TPSA) is 153 Å². The van der Waals surface area contributed by atoms with Crippen LogP contribution in [0.25, 0.3) is 0 Å². The molecule has 0 saturated heterocycles. The number of amides is 4. The highest BCUT2D eigenvalue weighted by atomic mass is 79.9. The predicted octanol–water partition coefficient (Wildman–Crippen LogP) is -2.07. The van der Waals surface area contributed by atoms with E-state index >= 15 is 0 Å². The van der Waals surface area contributed by atoms with Gasteiger partial charge in [0.1, 0.15) is 13.2 Å². The Kier molecular flexibility index (Phi) is 20.2. The van der Waals surface area contributed by atoms with Gasteiger partial charge in [-0.2, -0.15) is 0 Å². The minimum atomic E-state index is -0.279. The summed E-state index contributed by atoms with van der Waals surface area (Å²) in [6.07, 6.45) is 0. The van der Waals surface area contributed by atoms with Gasteiger partial charge in [0, 0.05) is 33.1 Å². The van der Waals surface area contributed by atoms with Crippen LogP contribution in [0.15, 0.2) is 0 Å². The molecule has 0 saturated carbocycles. The zero-order valence-electron chi connectivity index (χ0n) is 17.8. The van der Waals surface area contributed by atoms with Crippen molar-refractivity contribution < 1.29 is 38.1 Å². The lowest BCUT2D eigenvalue weighted by atomic mass is 10.5. The van der Waals surface area contributed by atoms with E-state index in [4.69, 9.17) is 18.9 Å². The molecular weight excluding hydrogens is 480 g/mol. The van der Waals surface area contributed by atoms with E-state index in [1.54, 1.807) is 0 Å². The van der Waals surface area contributed by atoms with Crippen LogP contribution in [0, 0.1) is 0 Å². The van der Waals surface area contributed by atoms with Crippen molar-refractivity contribution >= 4 is 39.6 Å². The van der Waals surface area contributed by atoms with E-state index in [0.29, 0.717) is 46.0 Å². The van der Waals surface area contributed by atoms with Gasteiger partial charge in [-0.1, -0.05) is 15.9 Å². The van der Waals surface area contributed by atoms with Crippen molar-refractivity contribution in [2.45, 2.75) is 6.92 Å². The fourth-order valence-corrected chi connectivity index (χ4v) is 2.08. The summed E-state index contributed by atoms with van der Waals surface area (Å²) in [4.78, 5) is 44.7. The van der Waals surface area contributed by atoms with Gasteiger partial charge in [-0.3, -0.25) is 19.2 Å². The molecule has 0 radical (unpaired) electrons. The highest BCUT2D eigenvalue weighted by molar-refractivity contribution is 9.09. The zero-order chi connectivity index (χ0) is 23.2. The van der Waals surface area contributed by atoms with E-state index in [1.165, 1.54) is 6.92 Å². The molecule has 0 spiro atoms. The van der Waals surface area contributed by atoms with Crippen molar-refractivity contribution in [1.82, 2.24) is 21.3 Å². The summed E-state index contributed by atoms with van der Waals surface area (Å²) < 4.78 is 20.8. The molecule has 0 aromatic carbocycles. The normalized spacial score (nSPS) is 10.4. The van der Waals surface area contributed by atoms with Gasteiger partial charge in [0.25, 0.3) is 0 Å². The Balaban J connectivity index is 3.32. The number of hydrogen-bond donors (Lipinski definition) is 4. The first-order valence-electron chi connectivity index (χ1n) is 9.87. The highest BCUT2D eigenvalue weighted by Gasteiger charge is 2.03. The lowest BCUT2D eigenvalue weighted by Gasteiger charge is -2.09. The van der Waals surface area contributed by atoms with Gasteiger partial charge in [0.15, 0.2) is 0 Å². The monoisotopic (exact) mass is 512 g/mol. The van der Waals surface area contributed by atoms with Crippen LogP contribution in [0.1, 0.15) is 6.92 Å². The van der Waals surface area contributed by atoms with Crippen LogP contribution in [0.2, 0.25) is 0 Å². The quantitative estimate of drug-likeness (QED) is 0.107. The third-order valence-electron chi connectivity index (χ3n) is 3.29. The number of halogens is 1. The lowest BCUT2D eigenvalue weighted by molar-refractivity contribution is -0.127. The van der Waals surface area contributed by atoms with Crippen LogP contribution >= 0.6 is 15.9 Å². The first kappa shape index (κ1) is 29.2. The average Bonchev–Trinajstić information content (AvgIpc) is 2.74. The Morgan fingerprint density at radius 1 is 0.581 bits per heavy atom. The Morgan fingerprint density at radius 2 is 1.00 bits per heavy atom. The summed E-state index contributed by atoms with van der Waals surface area (Å²) in [5.74, 6) is -0.797. The summed E-state index contributed by atoms with van der Waals surface area (Å²) in [7, 11) is 0. The first-order chi connectivity index (χ1) is 15.0. The largest absolute Gasteiger partial charge is 0.377 e. The van der Waals surface area contributed by atoms with Gasteiger partial charge in [-0.25, -0.2) is 0 Å². The summed E-state index contributed by atoms with van der Waals surface area (Å²) in [5.41, 5.74) is 0. The molecule has 0 aliphatic heterocycles. The van der Waals surface area contributed by atoms with E-state index in [2.05, 4.69) is 37.2 Å². The van der Waals surface area contributed by atoms with Crippen LogP contribution in [0.4, 0.5) is 0 Å². The molecule has 0 atom stereocenters. The number of ether oxygens (including phenoxy) is 4. The molecule has 0 aliphatic carbocycles. The molecule has 0 aromatic rings. The van der Waals surface area contributed by atoms with Crippen molar-refractivity contribution in [3.05, 3.63) is 0 Å². The fraction of sp³-hybridized carbons (Fsp3) is 0.778. The molecule has 4 N–H and O–H groups in total. The molecule has 12 nitrogen and oxygen atoms in total. The number of nitrogens with one attached hydrogen (secondary N) is 4. The lowest BCUT2D eigenvalue weighted by Crippen LogP contribution is -2.36. The van der Waals surface area contributed by atoms with Crippen LogP contribution in [-0.2, 0) is 38.1 Å². The second-order valence-electron chi connectivity index (χ2n) is 6.00. The number of hydrogen-bond acceptors (Lipinski definition) is 8. The highest BCUT2D eigenvalue weighted by Crippen LogP contribution is 1.82. The Labute approximate surface area is 190 Å². The van der Waals surface area contributed by atoms with Crippen LogP contribution in [0.5, 0.6) is 0 Å². The van der Waals surface area contributed by atoms with Crippen LogP contribution in [-0.4, -0.2) is 108 Å². The van der Waals surface area contributed by atoms with Crippen LogP contribution in [0.3, 0.4) is 0 Å². The van der Waals surface area contributed by atoms with E-state index in [1.807, 2.05) is 0 Å². The standard InChI is InChI=1S/C18H33BrN4O8/c1-15(24)20-4-6-28-8-10-31-14-18(27)23-5-7-29-9-11-30-13-17(26)22-3-2-21-16(25)12-19/h2-14H2,1H3,(H,20,24)(H,21,25)(H,22,26)(H,23,27). The number of carbonyl (C=O) groups is 4. The van der Waals surface area contributed by atoms with Crippen molar-refractivity contribution in [3.8, 4) is 0 Å². The minimum absolute atomic E-state index is 0.0763. The maximum Gasteiger partial charge on any atom is 0.246 e. The van der Waals surface area contributed by atoms with E-state index in [-0.39, 0.29) is 62.0 Å². The summed E-state index contributed by atoms with van der Waals surface area (Å²) in [6, 6.07) is 0. The zero-order valence-corrected chi connectivity index (χ0v) is 19.4. The number of alkyl halides is 1. The maximum atomic E-state index is 11.6. The van der Waals surface area contributed by atoms with E-state index in [0.717, 1.165) is 0 Å². The fourth-order valence-electron chi connectivity index (χ4n) is 1.88. The summed E-state index contributed by atoms with van der Waals surface area (Å²) in [5, 5.41) is 10.7. The number of rotatable bonds is 20. The van der Waals surface area contributed by atoms with Gasteiger partial charge < -0.3 is 40.2 Å². The Morgan fingerprint density at radius 3 is 1.48 bits per heavy atom. The third-order valence-corrected chi connectivity index (χ3v) is 3.80. The van der Waals surface area contributed by atoms with Crippen molar-refractivity contribution in [2.24, 2.45) is 0 Å². The minimum Gasteiger partial charge on any atom is -0.377 e. The van der Waals surface area contributed by atoms with E-state index < -0.39 is 0 Å². The maximum absolute atomic E-state index is 11.6. The first-order valence-corrected chi connectivity index (χ1v) is 11.0. The molecule has 0 heterocycles. The van der Waals surface area contributed by atoms with E-state index in [9.17, 15) is 19.2 Å². The smallest absolute Gasteiger partial charge is 0.246 e.